The van der Waals surface area contributed by atoms with Gasteiger partial charge in [-0.2, -0.15) is 15.0 Å². The maximum atomic E-state index is 16.7. The van der Waals surface area contributed by atoms with Crippen LogP contribution in [-0.2, 0) is 4.79 Å². The van der Waals surface area contributed by atoms with Gasteiger partial charge in [0.1, 0.15) is 23.6 Å². The van der Waals surface area contributed by atoms with E-state index in [1.54, 1.807) is 17.2 Å². The molecule has 0 N–H and O–H groups in total. The maximum absolute atomic E-state index is 16.7. The predicted molar refractivity (Wildman–Crippen MR) is 190 cm³/mol. The van der Waals surface area contributed by atoms with Gasteiger partial charge < -0.3 is 19.1 Å². The lowest BCUT2D eigenvalue weighted by Crippen LogP contribution is -2.53. The van der Waals surface area contributed by atoms with Gasteiger partial charge in [-0.15, -0.1) is 0 Å². The van der Waals surface area contributed by atoms with E-state index in [2.05, 4.69) is 25.0 Å². The number of aromatic nitrogens is 5. The van der Waals surface area contributed by atoms with Gasteiger partial charge >= 0.3 is 6.01 Å². The summed E-state index contributed by atoms with van der Waals surface area (Å²) in [6.45, 7) is 5.41. The van der Waals surface area contributed by atoms with E-state index in [9.17, 15) is 9.18 Å². The molecule has 5 aromatic rings. The number of anilines is 1. The van der Waals surface area contributed by atoms with Gasteiger partial charge in [-0.05, 0) is 57.1 Å². The lowest BCUT2D eigenvalue weighted by molar-refractivity contribution is -0.131. The number of hydrogen-bond acceptors (Lipinski definition) is 10. The van der Waals surface area contributed by atoms with Crippen molar-refractivity contribution in [3.05, 3.63) is 71.2 Å². The number of benzene rings is 2. The van der Waals surface area contributed by atoms with Crippen LogP contribution in [0.2, 0.25) is 5.02 Å². The first-order valence-corrected chi connectivity index (χ1v) is 17.6. The highest BCUT2D eigenvalue weighted by Gasteiger charge is 2.45. The lowest BCUT2D eigenvalue weighted by atomic mass is 9.95. The van der Waals surface area contributed by atoms with Crippen molar-refractivity contribution >= 4 is 51.1 Å². The molecule has 3 aromatic heterocycles. The average Bonchev–Trinajstić information content (AvgIpc) is 3.84. The zero-order valence-electron chi connectivity index (χ0n) is 28.4. The number of fused-ring (bicyclic) bond motifs is 3. The number of ether oxygens (including phenoxy) is 1. The molecular weight excluding hydrogens is 678 g/mol. The lowest BCUT2D eigenvalue weighted by Gasteiger charge is -2.40. The first-order valence-electron chi connectivity index (χ1n) is 17.3. The molecule has 3 aliphatic rings. The molecule has 0 spiro atoms. The molecule has 3 fully saturated rings. The monoisotopic (exact) mass is 714 g/mol. The minimum absolute atomic E-state index is 0.0418. The van der Waals surface area contributed by atoms with E-state index in [1.807, 2.05) is 42.3 Å². The highest BCUT2D eigenvalue weighted by molar-refractivity contribution is 6.36. The molecule has 3 aliphatic heterocycles. The van der Waals surface area contributed by atoms with Crippen molar-refractivity contribution in [3.63, 3.8) is 0 Å². The number of amides is 1. The van der Waals surface area contributed by atoms with Gasteiger partial charge in [-0.25, -0.2) is 8.78 Å². The van der Waals surface area contributed by atoms with Crippen LogP contribution in [0.5, 0.6) is 6.01 Å². The second-order valence-corrected chi connectivity index (χ2v) is 14.2. The van der Waals surface area contributed by atoms with Gasteiger partial charge in [0, 0.05) is 66.9 Å². The van der Waals surface area contributed by atoms with Crippen LogP contribution < -0.4 is 9.64 Å². The number of nitrogens with zero attached hydrogens (tertiary/aromatic N) is 8. The van der Waals surface area contributed by atoms with Crippen molar-refractivity contribution in [2.75, 3.05) is 51.3 Å². The number of hydrogen-bond donors (Lipinski definition) is 0. The molecule has 0 bridgehead atoms. The third-order valence-corrected chi connectivity index (χ3v) is 10.7. The Morgan fingerprint density at radius 1 is 1.16 bits per heavy atom. The zero-order valence-corrected chi connectivity index (χ0v) is 29.1. The van der Waals surface area contributed by atoms with Crippen molar-refractivity contribution in [1.29, 1.82) is 0 Å². The molecule has 1 atom stereocenters. The second-order valence-electron chi connectivity index (χ2n) is 13.8. The summed E-state index contributed by atoms with van der Waals surface area (Å²) < 4.78 is 41.5. The van der Waals surface area contributed by atoms with Crippen LogP contribution in [0.25, 0.3) is 39.0 Å². The summed E-state index contributed by atoms with van der Waals surface area (Å²) in [5, 5.41) is 6.12. The van der Waals surface area contributed by atoms with Gasteiger partial charge in [-0.3, -0.25) is 14.7 Å². The van der Waals surface area contributed by atoms with Crippen LogP contribution in [-0.4, -0.2) is 92.7 Å². The molecule has 8 rings (SSSR count). The Bertz CT molecular complexity index is 2140. The number of pyridine rings is 1. The molecule has 14 heteroatoms. The minimum atomic E-state index is -1.36. The first kappa shape index (κ1) is 33.4. The zero-order chi connectivity index (χ0) is 35.3. The van der Waals surface area contributed by atoms with E-state index in [-0.39, 0.29) is 46.3 Å². The van der Waals surface area contributed by atoms with Crippen LogP contribution in [0.1, 0.15) is 50.5 Å². The number of rotatable bonds is 10. The van der Waals surface area contributed by atoms with Crippen molar-refractivity contribution in [1.82, 2.24) is 34.9 Å². The summed E-state index contributed by atoms with van der Waals surface area (Å²) in [5.74, 6) is -0.176. The smallest absolute Gasteiger partial charge is 0.319 e. The third-order valence-electron chi connectivity index (χ3n) is 10.4. The molecule has 6 heterocycles. The van der Waals surface area contributed by atoms with Crippen molar-refractivity contribution in [2.45, 2.75) is 44.3 Å². The Balaban J connectivity index is 1.06. The van der Waals surface area contributed by atoms with E-state index in [0.717, 1.165) is 44.2 Å². The standard InChI is InChI=1S/C37H37ClF2N8O3/c1-22(39)34-42-28(51-45-34)11-12-29(49)47-19-23(20-47)18-46(2)35-26-17-41-32(25-9-3-7-24-8-4-10-27(38)30(24)25)31(40)33(26)43-36(44-35)50-21-37-13-5-15-48(37)16-6-14-37/h3-4,7-12,17,22-23H,5-6,13-16,18-21H2,1-2H3/b12-11+. The number of halogens is 3. The third kappa shape index (κ3) is 6.26. The first-order chi connectivity index (χ1) is 24.7. The predicted octanol–water partition coefficient (Wildman–Crippen LogP) is 6.67. The molecule has 0 saturated carbocycles. The maximum Gasteiger partial charge on any atom is 0.319 e. The fraction of sp³-hybridized carbons (Fsp3) is 0.405. The van der Waals surface area contributed by atoms with E-state index in [4.69, 9.17) is 25.8 Å². The molecule has 0 radical (unpaired) electrons. The van der Waals surface area contributed by atoms with Crippen molar-refractivity contribution < 1.29 is 22.8 Å². The molecule has 2 aromatic carbocycles. The molecule has 1 unspecified atom stereocenters. The molecule has 51 heavy (non-hydrogen) atoms. The number of carbonyl (C=O) groups excluding carboxylic acids is 1. The summed E-state index contributed by atoms with van der Waals surface area (Å²) in [6, 6.07) is 11.3. The molecule has 1 amide bonds. The largest absolute Gasteiger partial charge is 0.461 e. The Labute approximate surface area is 298 Å². The molecular formula is C37H37ClF2N8O3. The van der Waals surface area contributed by atoms with Gasteiger partial charge in [0.05, 0.1) is 10.9 Å². The second kappa shape index (κ2) is 13.4. The highest BCUT2D eigenvalue weighted by atomic mass is 35.5. The van der Waals surface area contributed by atoms with E-state index in [1.165, 1.54) is 19.1 Å². The topological polar surface area (TPSA) is 114 Å². The molecule has 11 nitrogen and oxygen atoms in total. The van der Waals surface area contributed by atoms with Crippen LogP contribution in [0.15, 0.2) is 53.2 Å². The average molecular weight is 715 g/mol. The van der Waals surface area contributed by atoms with Gasteiger partial charge in [-0.1, -0.05) is 47.1 Å². The quantitative estimate of drug-likeness (QED) is 0.146. The Morgan fingerprint density at radius 3 is 2.67 bits per heavy atom. The van der Waals surface area contributed by atoms with Crippen LogP contribution in [0, 0.1) is 11.7 Å². The highest BCUT2D eigenvalue weighted by Crippen LogP contribution is 2.40. The number of carbonyl (C=O) groups is 1. The Kier molecular flexibility index (Phi) is 8.79. The SMILES string of the molecule is CC(F)c1noc(/C=C/C(=O)N2CC(CN(C)c3nc(OCC45CCCN4CCC5)nc4c(F)c(-c5cccc6cccc(Cl)c56)ncc34)C2)n1. The summed E-state index contributed by atoms with van der Waals surface area (Å²) in [5.41, 5.74) is 0.794. The fourth-order valence-electron chi connectivity index (χ4n) is 7.78. The van der Waals surface area contributed by atoms with Crippen LogP contribution in [0.3, 0.4) is 0 Å². The van der Waals surface area contributed by atoms with Crippen LogP contribution >= 0.6 is 11.6 Å². The van der Waals surface area contributed by atoms with E-state index in [0.29, 0.717) is 53.4 Å². The normalized spacial score (nSPS) is 18.1. The van der Waals surface area contributed by atoms with Crippen LogP contribution in [0.4, 0.5) is 14.6 Å². The molecule has 0 aliphatic carbocycles. The van der Waals surface area contributed by atoms with E-state index >= 15 is 4.39 Å². The van der Waals surface area contributed by atoms with Gasteiger partial charge in [0.25, 0.3) is 5.89 Å². The number of alkyl halides is 1. The molecule has 264 valence electrons. The number of likely N-dealkylation sites (tertiary alicyclic amines) is 1. The Morgan fingerprint density at radius 2 is 1.92 bits per heavy atom. The van der Waals surface area contributed by atoms with Gasteiger partial charge in [0.15, 0.2) is 12.0 Å². The summed E-state index contributed by atoms with van der Waals surface area (Å²) in [4.78, 5) is 36.9. The van der Waals surface area contributed by atoms with Gasteiger partial charge in [0.2, 0.25) is 11.7 Å². The summed E-state index contributed by atoms with van der Waals surface area (Å²) in [6.07, 6.45) is 7.32. The molecule has 3 saturated heterocycles. The minimum Gasteiger partial charge on any atom is -0.461 e. The van der Waals surface area contributed by atoms with Crippen molar-refractivity contribution in [3.8, 4) is 17.3 Å². The van der Waals surface area contributed by atoms with Crippen molar-refractivity contribution in [2.24, 2.45) is 5.92 Å². The summed E-state index contributed by atoms with van der Waals surface area (Å²) >= 11 is 6.62. The van der Waals surface area contributed by atoms with E-state index < -0.39 is 12.0 Å². The Hall–Kier alpha value is -4.75. The summed E-state index contributed by atoms with van der Waals surface area (Å²) in [7, 11) is 1.89. The fourth-order valence-corrected chi connectivity index (χ4v) is 8.06.